The molecule has 0 N–H and O–H groups in total. The van der Waals surface area contributed by atoms with Crippen LogP contribution in [-0.2, 0) is 11.2 Å². The van der Waals surface area contributed by atoms with Crippen LogP contribution in [-0.4, -0.2) is 35.0 Å². The van der Waals surface area contributed by atoms with Crippen molar-refractivity contribution in [2.45, 2.75) is 38.7 Å². The molecule has 4 heteroatoms. The lowest BCUT2D eigenvalue weighted by molar-refractivity contribution is -0.130. The van der Waals surface area contributed by atoms with Crippen molar-refractivity contribution in [3.05, 3.63) is 59.8 Å². The third-order valence-electron chi connectivity index (χ3n) is 4.37. The highest BCUT2D eigenvalue weighted by molar-refractivity contribution is 5.76. The van der Waals surface area contributed by atoms with Crippen LogP contribution in [0.15, 0.2) is 48.7 Å². The zero-order chi connectivity index (χ0) is 16.8. The second-order valence-corrected chi connectivity index (χ2v) is 6.38. The van der Waals surface area contributed by atoms with Crippen LogP contribution in [0.2, 0.25) is 0 Å². The Labute approximate surface area is 143 Å². The molecule has 1 aromatic heterocycles. The standard InChI is InChI=1S/C20H24N2O2/c1-16-10-11-19(21-14-16)24-18-12-13-22(15-18)20(23)9-5-8-17-6-3-2-4-7-17/h2-4,6-7,10-11,14,18H,5,8-9,12-13,15H2,1H3. The average molecular weight is 324 g/mol. The van der Waals surface area contributed by atoms with Crippen LogP contribution < -0.4 is 4.74 Å². The summed E-state index contributed by atoms with van der Waals surface area (Å²) < 4.78 is 5.88. The van der Waals surface area contributed by atoms with E-state index in [4.69, 9.17) is 4.74 Å². The number of ether oxygens (including phenoxy) is 1. The minimum Gasteiger partial charge on any atom is -0.472 e. The van der Waals surface area contributed by atoms with Crippen LogP contribution in [0.5, 0.6) is 5.88 Å². The summed E-state index contributed by atoms with van der Waals surface area (Å²) in [4.78, 5) is 18.5. The second-order valence-electron chi connectivity index (χ2n) is 6.38. The molecule has 126 valence electrons. The molecule has 0 saturated carbocycles. The zero-order valence-corrected chi connectivity index (χ0v) is 14.1. The van der Waals surface area contributed by atoms with Gasteiger partial charge < -0.3 is 9.64 Å². The number of hydrogen-bond acceptors (Lipinski definition) is 3. The molecule has 0 bridgehead atoms. The van der Waals surface area contributed by atoms with Gasteiger partial charge in [0, 0.05) is 31.6 Å². The summed E-state index contributed by atoms with van der Waals surface area (Å²) in [7, 11) is 0. The average Bonchev–Trinajstić information content (AvgIpc) is 3.06. The van der Waals surface area contributed by atoms with E-state index in [2.05, 4.69) is 17.1 Å². The summed E-state index contributed by atoms with van der Waals surface area (Å²) in [5.74, 6) is 0.873. The van der Waals surface area contributed by atoms with E-state index in [0.29, 0.717) is 18.8 Å². The number of amides is 1. The van der Waals surface area contributed by atoms with Gasteiger partial charge in [-0.2, -0.15) is 0 Å². The Morgan fingerprint density at radius 1 is 1.25 bits per heavy atom. The maximum absolute atomic E-state index is 12.3. The molecule has 1 aliphatic heterocycles. The maximum Gasteiger partial charge on any atom is 0.222 e. The minimum atomic E-state index is 0.0540. The van der Waals surface area contributed by atoms with E-state index in [9.17, 15) is 4.79 Å². The molecule has 1 aliphatic rings. The normalized spacial score (nSPS) is 17.0. The third kappa shape index (κ3) is 4.57. The number of aromatic nitrogens is 1. The van der Waals surface area contributed by atoms with Gasteiger partial charge in [-0.3, -0.25) is 4.79 Å². The first kappa shape index (κ1) is 16.5. The van der Waals surface area contributed by atoms with Gasteiger partial charge in [0.05, 0.1) is 6.54 Å². The fraction of sp³-hybridized carbons (Fsp3) is 0.400. The van der Waals surface area contributed by atoms with Gasteiger partial charge in [0.25, 0.3) is 0 Å². The molecule has 1 amide bonds. The van der Waals surface area contributed by atoms with Gasteiger partial charge in [0.1, 0.15) is 6.10 Å². The second kappa shape index (κ2) is 7.95. The van der Waals surface area contributed by atoms with Crippen LogP contribution in [0.25, 0.3) is 0 Å². The molecule has 2 heterocycles. The Bertz CT molecular complexity index is 655. The molecule has 1 aromatic carbocycles. The SMILES string of the molecule is Cc1ccc(OC2CCN(C(=O)CCCc3ccccc3)C2)nc1. The van der Waals surface area contributed by atoms with E-state index in [0.717, 1.165) is 31.4 Å². The topological polar surface area (TPSA) is 42.4 Å². The predicted molar refractivity (Wildman–Crippen MR) is 94.0 cm³/mol. The molecular formula is C20H24N2O2. The fourth-order valence-electron chi connectivity index (χ4n) is 2.99. The molecule has 1 atom stereocenters. The minimum absolute atomic E-state index is 0.0540. The highest BCUT2D eigenvalue weighted by Gasteiger charge is 2.27. The number of nitrogens with zero attached hydrogens (tertiary/aromatic N) is 2. The van der Waals surface area contributed by atoms with Crippen molar-refractivity contribution in [2.75, 3.05) is 13.1 Å². The molecule has 4 nitrogen and oxygen atoms in total. The first-order valence-electron chi connectivity index (χ1n) is 8.62. The summed E-state index contributed by atoms with van der Waals surface area (Å²) in [5, 5.41) is 0. The molecule has 0 radical (unpaired) electrons. The smallest absolute Gasteiger partial charge is 0.222 e. The number of benzene rings is 1. The number of pyridine rings is 1. The van der Waals surface area contributed by atoms with Crippen LogP contribution in [0.4, 0.5) is 0 Å². The van der Waals surface area contributed by atoms with Crippen LogP contribution in [0.1, 0.15) is 30.4 Å². The van der Waals surface area contributed by atoms with Crippen molar-refractivity contribution >= 4 is 5.91 Å². The highest BCUT2D eigenvalue weighted by atomic mass is 16.5. The third-order valence-corrected chi connectivity index (χ3v) is 4.37. The number of carbonyl (C=O) groups is 1. The largest absolute Gasteiger partial charge is 0.472 e. The molecule has 1 fully saturated rings. The molecule has 0 spiro atoms. The number of hydrogen-bond donors (Lipinski definition) is 0. The van der Waals surface area contributed by atoms with Crippen molar-refractivity contribution in [3.63, 3.8) is 0 Å². The Morgan fingerprint density at radius 3 is 2.83 bits per heavy atom. The Morgan fingerprint density at radius 2 is 2.08 bits per heavy atom. The van der Waals surface area contributed by atoms with Crippen molar-refractivity contribution in [3.8, 4) is 5.88 Å². The molecular weight excluding hydrogens is 300 g/mol. The van der Waals surface area contributed by atoms with Gasteiger partial charge in [-0.1, -0.05) is 36.4 Å². The zero-order valence-electron chi connectivity index (χ0n) is 14.1. The summed E-state index contributed by atoms with van der Waals surface area (Å²) in [6.07, 6.45) is 5.18. The lowest BCUT2D eigenvalue weighted by Gasteiger charge is -2.17. The van der Waals surface area contributed by atoms with Crippen LogP contribution in [0.3, 0.4) is 0 Å². The van der Waals surface area contributed by atoms with E-state index >= 15 is 0 Å². The summed E-state index contributed by atoms with van der Waals surface area (Å²) in [5.41, 5.74) is 2.40. The van der Waals surface area contributed by atoms with Gasteiger partial charge >= 0.3 is 0 Å². The summed E-state index contributed by atoms with van der Waals surface area (Å²) in [6, 6.07) is 14.2. The molecule has 3 rings (SSSR count). The van der Waals surface area contributed by atoms with Gasteiger partial charge in [0.15, 0.2) is 0 Å². The Hall–Kier alpha value is -2.36. The van der Waals surface area contributed by atoms with Crippen molar-refractivity contribution in [1.29, 1.82) is 0 Å². The monoisotopic (exact) mass is 324 g/mol. The predicted octanol–water partition coefficient (Wildman–Crippen LogP) is 3.39. The number of aryl methyl sites for hydroxylation is 2. The van der Waals surface area contributed by atoms with E-state index in [-0.39, 0.29) is 12.0 Å². The van der Waals surface area contributed by atoms with Gasteiger partial charge in [-0.25, -0.2) is 4.98 Å². The van der Waals surface area contributed by atoms with E-state index in [1.165, 1.54) is 5.56 Å². The number of carbonyl (C=O) groups excluding carboxylic acids is 1. The maximum atomic E-state index is 12.3. The number of rotatable bonds is 6. The van der Waals surface area contributed by atoms with Crippen molar-refractivity contribution in [2.24, 2.45) is 0 Å². The molecule has 0 aliphatic carbocycles. The van der Waals surface area contributed by atoms with E-state index in [1.54, 1.807) is 6.20 Å². The summed E-state index contributed by atoms with van der Waals surface area (Å²) in [6.45, 7) is 3.45. The van der Waals surface area contributed by atoms with Crippen LogP contribution >= 0.6 is 0 Å². The first-order chi connectivity index (χ1) is 11.7. The Kier molecular flexibility index (Phi) is 5.47. The molecule has 2 aromatic rings. The Balaban J connectivity index is 1.41. The highest BCUT2D eigenvalue weighted by Crippen LogP contribution is 2.18. The quantitative estimate of drug-likeness (QED) is 0.818. The molecule has 24 heavy (non-hydrogen) atoms. The number of likely N-dealkylation sites (tertiary alicyclic amines) is 1. The molecule has 1 unspecified atom stereocenters. The molecule has 1 saturated heterocycles. The fourth-order valence-corrected chi connectivity index (χ4v) is 2.99. The first-order valence-corrected chi connectivity index (χ1v) is 8.62. The lowest BCUT2D eigenvalue weighted by Crippen LogP contribution is -2.30. The van der Waals surface area contributed by atoms with Gasteiger partial charge in [0.2, 0.25) is 11.8 Å². The van der Waals surface area contributed by atoms with Crippen molar-refractivity contribution < 1.29 is 9.53 Å². The van der Waals surface area contributed by atoms with Gasteiger partial charge in [-0.15, -0.1) is 0 Å². The summed E-state index contributed by atoms with van der Waals surface area (Å²) >= 11 is 0. The van der Waals surface area contributed by atoms with Gasteiger partial charge in [-0.05, 0) is 30.9 Å². The van der Waals surface area contributed by atoms with Crippen molar-refractivity contribution in [1.82, 2.24) is 9.88 Å². The van der Waals surface area contributed by atoms with Crippen LogP contribution in [0, 0.1) is 6.92 Å². The lowest BCUT2D eigenvalue weighted by atomic mass is 10.1. The van der Waals surface area contributed by atoms with E-state index in [1.807, 2.05) is 42.2 Å². The van der Waals surface area contributed by atoms with E-state index < -0.39 is 0 Å².